The molecule has 5 amide bonds. The third-order valence-corrected chi connectivity index (χ3v) is 8.46. The Bertz CT molecular complexity index is 1880. The number of amides is 5. The van der Waals surface area contributed by atoms with Gasteiger partial charge in [-0.25, -0.2) is 9.78 Å². The number of aromatic amines is 2. The average Bonchev–Trinajstić information content (AvgIpc) is 3.89. The number of phenols is 1. The van der Waals surface area contributed by atoms with E-state index < -0.39 is 66.4 Å². The van der Waals surface area contributed by atoms with Gasteiger partial charge in [0, 0.05) is 54.7 Å². The lowest BCUT2D eigenvalue weighted by molar-refractivity contribution is -0.142. The van der Waals surface area contributed by atoms with Gasteiger partial charge >= 0.3 is 5.97 Å². The summed E-state index contributed by atoms with van der Waals surface area (Å²) in [6, 6.07) is 6.53. The fourth-order valence-electron chi connectivity index (χ4n) is 5.72. The van der Waals surface area contributed by atoms with Crippen LogP contribution in [0.3, 0.4) is 0 Å². The Morgan fingerprint density at radius 3 is 2.14 bits per heavy atom. The van der Waals surface area contributed by atoms with Gasteiger partial charge in [0.25, 0.3) is 0 Å². The van der Waals surface area contributed by atoms with Crippen molar-refractivity contribution >= 4 is 46.4 Å². The van der Waals surface area contributed by atoms with Crippen molar-refractivity contribution in [2.45, 2.75) is 62.3 Å². The number of H-pyrrole nitrogens is 2. The number of aliphatic hydroxyl groups excluding tert-OH is 1. The Labute approximate surface area is 290 Å². The number of aromatic nitrogens is 3. The number of aliphatic carboxylic acids is 1. The summed E-state index contributed by atoms with van der Waals surface area (Å²) >= 11 is 0. The molecular weight excluding hydrogens is 664 g/mol. The third-order valence-electron chi connectivity index (χ3n) is 8.46. The summed E-state index contributed by atoms with van der Waals surface area (Å²) < 4.78 is 0. The van der Waals surface area contributed by atoms with E-state index in [0.29, 0.717) is 16.8 Å². The Balaban J connectivity index is 1.35. The molecule has 5 rings (SSSR count). The number of nitrogens with one attached hydrogen (secondary N) is 7. The molecule has 17 heteroatoms. The molecule has 4 aromatic rings. The molecule has 0 saturated carbocycles. The second kappa shape index (κ2) is 16.4. The van der Waals surface area contributed by atoms with Crippen LogP contribution in [0, 0.1) is 0 Å². The van der Waals surface area contributed by atoms with Gasteiger partial charge in [-0.05, 0) is 35.7 Å². The number of carboxylic acid groups (broad SMARTS) is 1. The fourth-order valence-corrected chi connectivity index (χ4v) is 5.72. The molecule has 3 heterocycles. The minimum absolute atomic E-state index is 0.0238. The first kappa shape index (κ1) is 36.1. The maximum atomic E-state index is 13.9. The maximum absolute atomic E-state index is 13.9. The number of nitrogens with zero attached hydrogens (tertiary/aromatic N) is 1. The van der Waals surface area contributed by atoms with Crippen molar-refractivity contribution in [3.05, 3.63) is 84.1 Å². The van der Waals surface area contributed by atoms with Crippen LogP contribution in [-0.4, -0.2) is 103 Å². The van der Waals surface area contributed by atoms with E-state index >= 15 is 0 Å². The number of phenolic OH excluding ortho intramolecular Hbond substituents is 1. The molecule has 1 fully saturated rings. The fraction of sp³-hybridized carbons (Fsp3) is 0.324. The lowest BCUT2D eigenvalue weighted by Gasteiger charge is -2.26. The van der Waals surface area contributed by atoms with Gasteiger partial charge in [-0.1, -0.05) is 30.3 Å². The molecule has 0 bridgehead atoms. The molecular formula is C34H38N8O9. The van der Waals surface area contributed by atoms with Crippen molar-refractivity contribution in [3.8, 4) is 5.75 Å². The SMILES string of the molecule is O=C1CC[C@@H](C(=O)N[C@@H](Cc2cnc[nH]2)C(=O)N[C@@H](Cc2c[nH]c3ccccc23)C(=O)N[C@@H](CO)C(=O)N[C@@H](Cc2ccc(O)cc2)C(=O)O)N1. The average molecular weight is 703 g/mol. The number of aromatic hydroxyl groups is 1. The predicted molar refractivity (Wildman–Crippen MR) is 180 cm³/mol. The van der Waals surface area contributed by atoms with Gasteiger partial charge in [0.05, 0.1) is 12.9 Å². The quantitative estimate of drug-likeness (QED) is 0.0675. The topological polar surface area (TPSA) is 268 Å². The molecule has 10 N–H and O–H groups in total. The zero-order valence-corrected chi connectivity index (χ0v) is 27.2. The Kier molecular flexibility index (Phi) is 11.6. The minimum atomic E-state index is -1.60. The van der Waals surface area contributed by atoms with Crippen molar-refractivity contribution in [1.29, 1.82) is 0 Å². The van der Waals surface area contributed by atoms with Gasteiger partial charge < -0.3 is 51.9 Å². The van der Waals surface area contributed by atoms with Crippen LogP contribution in [0.4, 0.5) is 0 Å². The van der Waals surface area contributed by atoms with Crippen molar-refractivity contribution in [1.82, 2.24) is 41.5 Å². The number of carboxylic acids is 1. The normalized spacial score (nSPS) is 16.3. The van der Waals surface area contributed by atoms with Crippen LogP contribution in [0.5, 0.6) is 5.75 Å². The van der Waals surface area contributed by atoms with Crippen molar-refractivity contribution in [3.63, 3.8) is 0 Å². The molecule has 5 atom stereocenters. The van der Waals surface area contributed by atoms with E-state index in [1.807, 2.05) is 18.2 Å². The molecule has 2 aromatic heterocycles. The van der Waals surface area contributed by atoms with Crippen LogP contribution in [0.15, 0.2) is 67.3 Å². The van der Waals surface area contributed by atoms with Crippen molar-refractivity contribution in [2.75, 3.05) is 6.61 Å². The Morgan fingerprint density at radius 1 is 0.824 bits per heavy atom. The summed E-state index contributed by atoms with van der Waals surface area (Å²) in [6.07, 6.45) is 4.67. The molecule has 0 aliphatic carbocycles. The van der Waals surface area contributed by atoms with Crippen molar-refractivity contribution < 1.29 is 44.1 Å². The summed E-state index contributed by atoms with van der Waals surface area (Å²) in [4.78, 5) is 87.6. The molecule has 51 heavy (non-hydrogen) atoms. The van der Waals surface area contributed by atoms with Crippen LogP contribution in [0.25, 0.3) is 10.9 Å². The van der Waals surface area contributed by atoms with Gasteiger partial charge in [-0.15, -0.1) is 0 Å². The highest BCUT2D eigenvalue weighted by Crippen LogP contribution is 2.20. The lowest BCUT2D eigenvalue weighted by atomic mass is 10.0. The molecule has 1 saturated heterocycles. The molecule has 0 spiro atoms. The number of imidazole rings is 1. The molecule has 0 unspecified atom stereocenters. The molecule has 0 radical (unpaired) electrons. The molecule has 268 valence electrons. The lowest BCUT2D eigenvalue weighted by Crippen LogP contribution is -2.60. The standard InChI is InChI=1S/C34H38N8O9/c43-16-28(33(49)41-27(34(50)51)11-18-5-7-21(44)8-6-18)42-31(47)25(12-19-14-36-23-4-2-1-3-22(19)23)39-32(48)26(13-20-15-35-17-37-20)40-30(46)24-9-10-29(45)38-24/h1-8,14-15,17,24-28,36,43-44H,9-13,16H2,(H,35,37)(H,38,45)(H,39,48)(H,40,46)(H,41,49)(H,42,47)(H,50,51)/t24-,25-,26-,27-,28-/m0/s1. The summed E-state index contributed by atoms with van der Waals surface area (Å²) in [7, 11) is 0. The number of hydrogen-bond acceptors (Lipinski definition) is 9. The zero-order valence-electron chi connectivity index (χ0n) is 27.2. The molecule has 1 aliphatic rings. The van der Waals surface area contributed by atoms with Crippen molar-refractivity contribution in [2.24, 2.45) is 0 Å². The summed E-state index contributed by atoms with van der Waals surface area (Å²) in [5, 5.41) is 42.8. The number of benzene rings is 2. The van der Waals surface area contributed by atoms with Gasteiger partial charge in [-0.3, -0.25) is 24.0 Å². The van der Waals surface area contributed by atoms with Crippen LogP contribution < -0.4 is 26.6 Å². The molecule has 17 nitrogen and oxygen atoms in total. The summed E-state index contributed by atoms with van der Waals surface area (Å²) in [5.74, 6) is -4.89. The third kappa shape index (κ3) is 9.48. The highest BCUT2D eigenvalue weighted by atomic mass is 16.4. The number of hydrogen-bond donors (Lipinski definition) is 10. The number of rotatable bonds is 16. The number of aliphatic hydroxyl groups is 1. The van der Waals surface area contributed by atoms with Crippen LogP contribution in [0.2, 0.25) is 0 Å². The van der Waals surface area contributed by atoms with E-state index in [0.717, 1.165) is 10.9 Å². The zero-order chi connectivity index (χ0) is 36.5. The van der Waals surface area contributed by atoms with Gasteiger partial charge in [0.2, 0.25) is 29.5 Å². The van der Waals surface area contributed by atoms with E-state index in [2.05, 4.69) is 41.5 Å². The van der Waals surface area contributed by atoms with E-state index in [-0.39, 0.29) is 43.8 Å². The summed E-state index contributed by atoms with van der Waals surface area (Å²) in [6.45, 7) is -0.900. The van der Waals surface area contributed by atoms with E-state index in [1.54, 1.807) is 12.3 Å². The largest absolute Gasteiger partial charge is 0.508 e. The minimum Gasteiger partial charge on any atom is -0.508 e. The van der Waals surface area contributed by atoms with Crippen LogP contribution >= 0.6 is 0 Å². The highest BCUT2D eigenvalue weighted by molar-refractivity contribution is 5.97. The smallest absolute Gasteiger partial charge is 0.326 e. The van der Waals surface area contributed by atoms with Gasteiger partial charge in [0.1, 0.15) is 36.0 Å². The van der Waals surface area contributed by atoms with Gasteiger partial charge in [0.15, 0.2) is 0 Å². The first-order valence-electron chi connectivity index (χ1n) is 16.2. The second-order valence-electron chi connectivity index (χ2n) is 12.1. The number of para-hydroxylation sites is 1. The highest BCUT2D eigenvalue weighted by Gasteiger charge is 2.34. The maximum Gasteiger partial charge on any atom is 0.326 e. The number of carbonyl (C=O) groups excluding carboxylic acids is 5. The first-order valence-corrected chi connectivity index (χ1v) is 16.2. The number of carbonyl (C=O) groups is 6. The van der Waals surface area contributed by atoms with Crippen LogP contribution in [0.1, 0.15) is 29.7 Å². The van der Waals surface area contributed by atoms with E-state index in [4.69, 9.17) is 0 Å². The number of fused-ring (bicyclic) bond motifs is 1. The second-order valence-corrected chi connectivity index (χ2v) is 12.1. The molecule has 2 aromatic carbocycles. The monoisotopic (exact) mass is 702 g/mol. The first-order chi connectivity index (χ1) is 24.5. The van der Waals surface area contributed by atoms with E-state index in [1.165, 1.54) is 36.8 Å². The van der Waals surface area contributed by atoms with Crippen LogP contribution in [-0.2, 0) is 48.0 Å². The van der Waals surface area contributed by atoms with Gasteiger partial charge in [-0.2, -0.15) is 0 Å². The Hall–Kier alpha value is -6.23. The Morgan fingerprint density at radius 2 is 1.49 bits per heavy atom. The molecule has 1 aliphatic heterocycles. The summed E-state index contributed by atoms with van der Waals surface area (Å²) in [5.41, 5.74) is 2.40. The predicted octanol–water partition coefficient (Wildman–Crippen LogP) is -1.08. The van der Waals surface area contributed by atoms with E-state index in [9.17, 15) is 44.1 Å².